The first kappa shape index (κ1) is 13.1. The lowest BCUT2D eigenvalue weighted by molar-refractivity contribution is -0.0438. The summed E-state index contributed by atoms with van der Waals surface area (Å²) < 4.78 is 16.2. The molecular weight excluding hydrogens is 262 g/mol. The highest BCUT2D eigenvalue weighted by molar-refractivity contribution is 5.82. The van der Waals surface area contributed by atoms with Gasteiger partial charge in [0.05, 0.1) is 31.0 Å². The fourth-order valence-electron chi connectivity index (χ4n) is 2.46. The minimum Gasteiger partial charge on any atom is -0.445 e. The maximum Gasteiger partial charge on any atom is 0.323 e. The number of hydrogen-bond acceptors (Lipinski definition) is 5. The Morgan fingerprint density at radius 3 is 3.20 bits per heavy atom. The highest BCUT2D eigenvalue weighted by Crippen LogP contribution is 2.26. The van der Waals surface area contributed by atoms with E-state index in [1.165, 1.54) is 6.26 Å². The van der Waals surface area contributed by atoms with Gasteiger partial charge in [-0.15, -0.1) is 0 Å². The molecule has 2 atom stereocenters. The average Bonchev–Trinajstić information content (AvgIpc) is 3.11. The van der Waals surface area contributed by atoms with E-state index in [2.05, 4.69) is 10.3 Å². The fraction of sp³-hybridized carbons (Fsp3) is 0.538. The van der Waals surface area contributed by atoms with E-state index in [-0.39, 0.29) is 18.4 Å². The maximum absolute atomic E-state index is 12.0. The number of nitrogens with one attached hydrogen (secondary N) is 1. The van der Waals surface area contributed by atoms with Gasteiger partial charge in [0.15, 0.2) is 0 Å². The average molecular weight is 279 g/mol. The van der Waals surface area contributed by atoms with Crippen LogP contribution in [0, 0.1) is 0 Å². The van der Waals surface area contributed by atoms with E-state index < -0.39 is 0 Å². The molecule has 0 spiro atoms. The molecule has 7 heteroatoms. The molecule has 3 heterocycles. The Morgan fingerprint density at radius 1 is 1.55 bits per heavy atom. The lowest BCUT2D eigenvalue weighted by Crippen LogP contribution is -2.46. The van der Waals surface area contributed by atoms with Crippen LogP contribution < -0.4 is 5.32 Å². The molecule has 20 heavy (non-hydrogen) atoms. The molecule has 0 saturated carbocycles. The number of oxazole rings is 1. The summed E-state index contributed by atoms with van der Waals surface area (Å²) in [5.74, 6) is 0.515. The summed E-state index contributed by atoms with van der Waals surface area (Å²) in [6.07, 6.45) is 6.29. The van der Waals surface area contributed by atoms with Crippen molar-refractivity contribution in [2.45, 2.75) is 25.2 Å². The lowest BCUT2D eigenvalue weighted by atomic mass is 10.2. The third-order valence-electron chi connectivity index (χ3n) is 3.41. The minimum atomic E-state index is -0.264. The Hall–Kier alpha value is -1.86. The summed E-state index contributed by atoms with van der Waals surface area (Å²) in [5.41, 5.74) is 0.827. The molecule has 3 rings (SSSR count). The van der Waals surface area contributed by atoms with E-state index >= 15 is 0 Å². The van der Waals surface area contributed by atoms with Crippen molar-refractivity contribution in [1.29, 1.82) is 0 Å². The molecule has 1 aromatic rings. The van der Waals surface area contributed by atoms with Crippen LogP contribution in [0.1, 0.15) is 18.7 Å². The van der Waals surface area contributed by atoms with Gasteiger partial charge in [0.1, 0.15) is 12.5 Å². The van der Waals surface area contributed by atoms with Crippen molar-refractivity contribution >= 4 is 11.6 Å². The molecule has 7 nitrogen and oxygen atoms in total. The second-order valence-corrected chi connectivity index (χ2v) is 4.80. The van der Waals surface area contributed by atoms with E-state index in [0.717, 1.165) is 18.4 Å². The number of aromatic nitrogens is 1. The number of carbonyl (C=O) groups is 1. The highest BCUT2D eigenvalue weighted by atomic mass is 16.5. The summed E-state index contributed by atoms with van der Waals surface area (Å²) in [5, 5.41) is 2.80. The largest absolute Gasteiger partial charge is 0.445 e. The fourth-order valence-corrected chi connectivity index (χ4v) is 2.46. The summed E-state index contributed by atoms with van der Waals surface area (Å²) in [6.45, 7) is 0.951. The molecule has 2 aliphatic rings. The number of carbonyl (C=O) groups excluding carboxylic acids is 1. The molecule has 2 unspecified atom stereocenters. The standard InChI is InChI=1S/C13H17N3O4/c1-18-8-10-2-3-11(20-10)16-7-9(6-15-13(16)17)12-14-4-5-19-12/h4-5,7,10-11H,2-3,6,8H2,1H3,(H,15,17). The van der Waals surface area contributed by atoms with Gasteiger partial charge >= 0.3 is 6.03 Å². The number of hydrogen-bond donors (Lipinski definition) is 1. The quantitative estimate of drug-likeness (QED) is 0.896. The van der Waals surface area contributed by atoms with Crippen LogP contribution in [0.3, 0.4) is 0 Å². The van der Waals surface area contributed by atoms with E-state index in [1.54, 1.807) is 24.4 Å². The summed E-state index contributed by atoms with van der Waals surface area (Å²) in [7, 11) is 1.64. The second-order valence-electron chi connectivity index (χ2n) is 4.80. The van der Waals surface area contributed by atoms with Crippen LogP contribution in [0.2, 0.25) is 0 Å². The van der Waals surface area contributed by atoms with Crippen LogP contribution in [-0.2, 0) is 9.47 Å². The van der Waals surface area contributed by atoms with Crippen molar-refractivity contribution in [3.05, 3.63) is 24.6 Å². The highest BCUT2D eigenvalue weighted by Gasteiger charge is 2.34. The van der Waals surface area contributed by atoms with E-state index in [4.69, 9.17) is 13.9 Å². The number of urea groups is 1. The predicted molar refractivity (Wildman–Crippen MR) is 69.5 cm³/mol. The summed E-state index contributed by atoms with van der Waals surface area (Å²) >= 11 is 0. The molecule has 1 fully saturated rings. The zero-order chi connectivity index (χ0) is 13.9. The summed E-state index contributed by atoms with van der Waals surface area (Å²) in [4.78, 5) is 17.6. The molecule has 108 valence electrons. The van der Waals surface area contributed by atoms with Crippen molar-refractivity contribution < 1.29 is 18.7 Å². The normalized spacial score (nSPS) is 26.6. The van der Waals surface area contributed by atoms with Gasteiger partial charge in [-0.25, -0.2) is 9.78 Å². The molecule has 0 bridgehead atoms. The zero-order valence-corrected chi connectivity index (χ0v) is 11.2. The van der Waals surface area contributed by atoms with E-state index in [9.17, 15) is 4.79 Å². The van der Waals surface area contributed by atoms with Crippen molar-refractivity contribution in [3.63, 3.8) is 0 Å². The van der Waals surface area contributed by atoms with Gasteiger partial charge in [0.2, 0.25) is 5.89 Å². The number of nitrogens with zero attached hydrogens (tertiary/aromatic N) is 2. The number of rotatable bonds is 4. The maximum atomic E-state index is 12.0. The van der Waals surface area contributed by atoms with Gasteiger partial charge in [0.25, 0.3) is 0 Å². The number of amides is 2. The van der Waals surface area contributed by atoms with Crippen LogP contribution in [0.25, 0.3) is 5.57 Å². The van der Waals surface area contributed by atoms with Crippen LogP contribution in [-0.4, -0.2) is 48.5 Å². The number of ether oxygens (including phenoxy) is 2. The predicted octanol–water partition coefficient (Wildman–Crippen LogP) is 1.19. The first-order valence-electron chi connectivity index (χ1n) is 6.59. The van der Waals surface area contributed by atoms with E-state index in [0.29, 0.717) is 19.0 Å². The van der Waals surface area contributed by atoms with Crippen molar-refractivity contribution in [2.24, 2.45) is 0 Å². The Kier molecular flexibility index (Phi) is 3.70. The summed E-state index contributed by atoms with van der Waals surface area (Å²) in [6, 6.07) is -0.164. The van der Waals surface area contributed by atoms with Gasteiger partial charge in [-0.3, -0.25) is 4.90 Å². The van der Waals surface area contributed by atoms with Gasteiger partial charge in [0, 0.05) is 13.3 Å². The van der Waals surface area contributed by atoms with Crippen molar-refractivity contribution in [2.75, 3.05) is 20.3 Å². The molecule has 2 amide bonds. The van der Waals surface area contributed by atoms with Gasteiger partial charge in [-0.2, -0.15) is 0 Å². The Bertz CT molecular complexity index is 500. The van der Waals surface area contributed by atoms with Crippen LogP contribution in [0.15, 0.2) is 23.1 Å². The second kappa shape index (κ2) is 5.64. The van der Waals surface area contributed by atoms with Crippen LogP contribution in [0.4, 0.5) is 4.79 Å². The first-order chi connectivity index (χ1) is 9.78. The van der Waals surface area contributed by atoms with Gasteiger partial charge in [-0.1, -0.05) is 0 Å². The lowest BCUT2D eigenvalue weighted by Gasteiger charge is -2.29. The van der Waals surface area contributed by atoms with Crippen LogP contribution in [0.5, 0.6) is 0 Å². The van der Waals surface area contributed by atoms with Crippen LogP contribution >= 0.6 is 0 Å². The van der Waals surface area contributed by atoms with E-state index in [1.807, 2.05) is 0 Å². The molecule has 0 aromatic carbocycles. The van der Waals surface area contributed by atoms with Gasteiger partial charge in [-0.05, 0) is 12.8 Å². The molecule has 0 aliphatic carbocycles. The van der Waals surface area contributed by atoms with Crippen molar-refractivity contribution in [1.82, 2.24) is 15.2 Å². The Labute approximate surface area is 116 Å². The Balaban J connectivity index is 1.74. The molecular formula is C13H17N3O4. The minimum absolute atomic E-state index is 0.0401. The topological polar surface area (TPSA) is 76.8 Å². The molecule has 2 aliphatic heterocycles. The molecule has 1 saturated heterocycles. The first-order valence-corrected chi connectivity index (χ1v) is 6.59. The smallest absolute Gasteiger partial charge is 0.323 e. The molecule has 0 radical (unpaired) electrons. The van der Waals surface area contributed by atoms with Crippen molar-refractivity contribution in [3.8, 4) is 0 Å². The Morgan fingerprint density at radius 2 is 2.45 bits per heavy atom. The molecule has 1 N–H and O–H groups in total. The third-order valence-corrected chi connectivity index (χ3v) is 3.41. The van der Waals surface area contributed by atoms with Gasteiger partial charge < -0.3 is 19.2 Å². The zero-order valence-electron chi connectivity index (χ0n) is 11.2. The molecule has 1 aromatic heterocycles. The monoisotopic (exact) mass is 279 g/mol. The SMILES string of the molecule is COCC1CCC(N2C=C(c3ncco3)CNC2=O)O1. The number of methoxy groups -OCH3 is 1. The third kappa shape index (κ3) is 2.54.